The zero-order valence-electron chi connectivity index (χ0n) is 29.5. The van der Waals surface area contributed by atoms with Crippen molar-refractivity contribution in [3.63, 3.8) is 0 Å². The third kappa shape index (κ3) is 12.5. The van der Waals surface area contributed by atoms with Crippen LogP contribution in [0.2, 0.25) is 0 Å². The van der Waals surface area contributed by atoms with Gasteiger partial charge in [0.05, 0.1) is 39.6 Å². The van der Waals surface area contributed by atoms with Crippen LogP contribution in [0, 0.1) is 22.7 Å². The van der Waals surface area contributed by atoms with Gasteiger partial charge >= 0.3 is 23.9 Å². The van der Waals surface area contributed by atoms with E-state index in [0.717, 1.165) is 12.2 Å². The average Bonchev–Trinajstić information content (AvgIpc) is 3.78. The van der Waals surface area contributed by atoms with Gasteiger partial charge in [0.2, 0.25) is 0 Å². The van der Waals surface area contributed by atoms with E-state index in [1.165, 1.54) is 12.2 Å². The van der Waals surface area contributed by atoms with Crippen LogP contribution in [0.5, 0.6) is 11.5 Å². The van der Waals surface area contributed by atoms with Crippen molar-refractivity contribution >= 4 is 36.0 Å². The highest BCUT2D eigenvalue weighted by molar-refractivity contribution is 5.98. The molecule has 2 aliphatic rings. The minimum Gasteiger partial charge on any atom is -0.494 e. The first-order valence-electron chi connectivity index (χ1n) is 17.2. The number of fused-ring (bicyclic) bond motifs is 1. The molecule has 0 N–H and O–H groups in total. The smallest absolute Gasteiger partial charge is 0.349 e. The molecule has 14 nitrogen and oxygen atoms in total. The lowest BCUT2D eigenvalue weighted by Gasteiger charge is -2.17. The summed E-state index contributed by atoms with van der Waals surface area (Å²) in [5.41, 5.74) is 0.656. The largest absolute Gasteiger partial charge is 0.494 e. The Bertz CT molecular complexity index is 1650. The zero-order valence-corrected chi connectivity index (χ0v) is 29.5. The van der Waals surface area contributed by atoms with Crippen LogP contribution in [-0.2, 0) is 47.6 Å². The van der Waals surface area contributed by atoms with Gasteiger partial charge in [-0.2, -0.15) is 10.5 Å². The predicted octanol–water partition coefficient (Wildman–Crippen LogP) is 4.60. The van der Waals surface area contributed by atoms with Gasteiger partial charge in [0.15, 0.2) is 12.2 Å². The topological polar surface area (TPSA) is 190 Å². The molecule has 2 heterocycles. The lowest BCUT2D eigenvalue weighted by Crippen LogP contribution is -2.36. The molecule has 14 heteroatoms. The molecule has 2 aliphatic heterocycles. The summed E-state index contributed by atoms with van der Waals surface area (Å²) in [5.74, 6) is -1.50. The lowest BCUT2D eigenvalue weighted by molar-refractivity contribution is -0.150. The molecule has 0 radical (unpaired) electrons. The fraction of sp³-hybridized carbons (Fsp3) is 0.350. The average molecular weight is 741 g/mol. The Kier molecular flexibility index (Phi) is 16.0. The fourth-order valence-electron chi connectivity index (χ4n) is 5.21. The van der Waals surface area contributed by atoms with Gasteiger partial charge in [0, 0.05) is 12.2 Å². The molecular formula is C40H40N2O12. The maximum Gasteiger partial charge on any atom is 0.349 e. The van der Waals surface area contributed by atoms with Gasteiger partial charge < -0.3 is 37.9 Å². The molecule has 2 aromatic carbocycles. The first-order chi connectivity index (χ1) is 26.2. The van der Waals surface area contributed by atoms with Crippen LogP contribution in [0.25, 0.3) is 12.2 Å². The van der Waals surface area contributed by atoms with E-state index in [9.17, 15) is 29.7 Å². The highest BCUT2D eigenvalue weighted by atomic mass is 16.7. The Labute approximate surface area is 312 Å². The van der Waals surface area contributed by atoms with E-state index in [1.807, 2.05) is 12.1 Å². The summed E-state index contributed by atoms with van der Waals surface area (Å²) in [6, 6.07) is 17.3. The van der Waals surface area contributed by atoms with E-state index in [0.29, 0.717) is 61.5 Å². The quantitative estimate of drug-likeness (QED) is 0.0602. The van der Waals surface area contributed by atoms with Crippen LogP contribution in [-0.4, -0.2) is 87.9 Å². The Morgan fingerprint density at radius 3 is 1.35 bits per heavy atom. The van der Waals surface area contributed by atoms with Gasteiger partial charge in [0.25, 0.3) is 0 Å². The first kappa shape index (κ1) is 40.5. The number of esters is 4. The van der Waals surface area contributed by atoms with E-state index >= 15 is 0 Å². The minimum absolute atomic E-state index is 0.0469. The van der Waals surface area contributed by atoms with Gasteiger partial charge in [-0.25, -0.2) is 19.2 Å². The minimum atomic E-state index is -0.870. The Morgan fingerprint density at radius 2 is 1.00 bits per heavy atom. The monoisotopic (exact) mass is 740 g/mol. The number of nitriles is 2. The van der Waals surface area contributed by atoms with Crippen LogP contribution in [0.15, 0.2) is 85.0 Å². The van der Waals surface area contributed by atoms with Crippen molar-refractivity contribution in [2.24, 2.45) is 0 Å². The third-order valence-corrected chi connectivity index (χ3v) is 7.98. The molecule has 0 aliphatic carbocycles. The van der Waals surface area contributed by atoms with Gasteiger partial charge in [-0.05, 0) is 73.2 Å². The van der Waals surface area contributed by atoms with Crippen LogP contribution in [0.3, 0.4) is 0 Å². The number of carbonyl (C=O) groups is 4. The van der Waals surface area contributed by atoms with E-state index < -0.39 is 48.3 Å². The molecule has 4 rings (SSSR count). The second-order valence-corrected chi connectivity index (χ2v) is 11.8. The number of benzene rings is 2. The number of carbonyl (C=O) groups excluding carboxylic acids is 4. The van der Waals surface area contributed by atoms with E-state index in [1.54, 1.807) is 48.5 Å². The highest BCUT2D eigenvalue weighted by Gasteiger charge is 2.51. The second kappa shape index (κ2) is 21.3. The SMILES string of the molecule is C=CC(=O)OCCCCOc1ccc(/C=C(\C#N)C(=O)O[C@H]2CO[C@H]3[C@@H]2OC[C@H]3OC(=O)/C(C#N)=C/c2ccc(OCCCCOC(=O)C=C)cc2)cc1. The first-order valence-corrected chi connectivity index (χ1v) is 17.2. The van der Waals surface area contributed by atoms with Gasteiger partial charge in [-0.1, -0.05) is 37.4 Å². The van der Waals surface area contributed by atoms with Crippen molar-refractivity contribution in [1.82, 2.24) is 0 Å². The normalized spacial score (nSPS) is 18.9. The number of nitrogens with zero attached hydrogens (tertiary/aromatic N) is 2. The molecule has 2 aromatic rings. The number of rotatable bonds is 20. The van der Waals surface area contributed by atoms with Crippen LogP contribution in [0.1, 0.15) is 36.8 Å². The Hall–Kier alpha value is -6.22. The van der Waals surface area contributed by atoms with Gasteiger partial charge in [0.1, 0.15) is 47.0 Å². The van der Waals surface area contributed by atoms with Crippen molar-refractivity contribution in [3.05, 3.63) is 96.1 Å². The molecule has 0 amide bonds. The van der Waals surface area contributed by atoms with E-state index in [-0.39, 0.29) is 37.6 Å². The van der Waals surface area contributed by atoms with Gasteiger partial charge in [-0.15, -0.1) is 0 Å². The van der Waals surface area contributed by atoms with E-state index in [2.05, 4.69) is 13.2 Å². The molecule has 282 valence electrons. The van der Waals surface area contributed by atoms with Crippen molar-refractivity contribution < 1.29 is 57.1 Å². The molecule has 54 heavy (non-hydrogen) atoms. The molecule has 0 spiro atoms. The highest BCUT2D eigenvalue weighted by Crippen LogP contribution is 2.32. The zero-order chi connectivity index (χ0) is 38.7. The fourth-order valence-corrected chi connectivity index (χ4v) is 5.21. The molecule has 0 unspecified atom stereocenters. The second-order valence-electron chi connectivity index (χ2n) is 11.8. The summed E-state index contributed by atoms with van der Waals surface area (Å²) in [4.78, 5) is 48.0. The molecule has 2 fully saturated rings. The Balaban J connectivity index is 1.22. The van der Waals surface area contributed by atoms with Crippen molar-refractivity contribution in [1.29, 1.82) is 10.5 Å². The van der Waals surface area contributed by atoms with Crippen molar-refractivity contribution in [3.8, 4) is 23.6 Å². The lowest BCUT2D eigenvalue weighted by atomic mass is 10.1. The van der Waals surface area contributed by atoms with Crippen molar-refractivity contribution in [2.45, 2.75) is 50.1 Å². The standard InChI is InChI=1S/C40H40N2O12/c1-3-35(43)49-19-7-5-17-47-31-13-9-27(10-14-31)21-29(23-41)39(45)53-33-25-51-38-34(26-52-37(33)38)54-40(46)30(24-42)22-28-11-15-32(16-12-28)48-18-6-8-20-50-36(44)4-2/h3-4,9-16,21-22,33-34,37-38H,1-2,5-8,17-20,25-26H2/b29-21+,30-22+/t33-,34+,37-,38-/m1/s1. The number of hydrogen-bond donors (Lipinski definition) is 0. The number of ether oxygens (including phenoxy) is 8. The predicted molar refractivity (Wildman–Crippen MR) is 191 cm³/mol. The molecular weight excluding hydrogens is 700 g/mol. The summed E-state index contributed by atoms with van der Waals surface area (Å²) >= 11 is 0. The summed E-state index contributed by atoms with van der Waals surface area (Å²) in [6.45, 7) is 7.96. The summed E-state index contributed by atoms with van der Waals surface area (Å²) in [6.07, 6.45) is 4.38. The van der Waals surface area contributed by atoms with Crippen LogP contribution >= 0.6 is 0 Å². The maximum absolute atomic E-state index is 12.9. The van der Waals surface area contributed by atoms with Gasteiger partial charge in [-0.3, -0.25) is 0 Å². The number of unbranched alkanes of at least 4 members (excludes halogenated alkanes) is 2. The summed E-state index contributed by atoms with van der Waals surface area (Å²) < 4.78 is 43.9. The molecule has 0 saturated carbocycles. The Morgan fingerprint density at radius 1 is 0.630 bits per heavy atom. The molecule has 0 bridgehead atoms. The molecule has 4 atom stereocenters. The molecule has 2 saturated heterocycles. The summed E-state index contributed by atoms with van der Waals surface area (Å²) in [7, 11) is 0. The summed E-state index contributed by atoms with van der Waals surface area (Å²) in [5, 5.41) is 19.3. The maximum atomic E-state index is 12.9. The van der Waals surface area contributed by atoms with Crippen LogP contribution in [0.4, 0.5) is 0 Å². The van der Waals surface area contributed by atoms with E-state index in [4.69, 9.17) is 37.9 Å². The van der Waals surface area contributed by atoms with Crippen molar-refractivity contribution in [2.75, 3.05) is 39.6 Å². The molecule has 0 aromatic heterocycles. The third-order valence-electron chi connectivity index (χ3n) is 7.98. The number of hydrogen-bond acceptors (Lipinski definition) is 14. The van der Waals surface area contributed by atoms with Crippen LogP contribution < -0.4 is 9.47 Å².